The number of hydrogen-bond donors (Lipinski definition) is 2. The van der Waals surface area contributed by atoms with Gasteiger partial charge >= 0.3 is 0 Å². The molecule has 18 heavy (non-hydrogen) atoms. The molecule has 0 saturated heterocycles. The Morgan fingerprint density at radius 3 is 3.00 bits per heavy atom. The van der Waals surface area contributed by atoms with Crippen molar-refractivity contribution < 1.29 is 9.84 Å². The predicted octanol–water partition coefficient (Wildman–Crippen LogP) is 0.499. The van der Waals surface area contributed by atoms with E-state index in [0.717, 1.165) is 18.7 Å². The third-order valence-corrected chi connectivity index (χ3v) is 3.37. The van der Waals surface area contributed by atoms with E-state index in [0.29, 0.717) is 19.7 Å². The monoisotopic (exact) mass is 268 g/mol. The fourth-order valence-electron chi connectivity index (χ4n) is 1.56. The second-order valence-electron chi connectivity index (χ2n) is 3.76. The number of methoxy groups -OCH3 is 1. The van der Waals surface area contributed by atoms with Gasteiger partial charge in [-0.2, -0.15) is 0 Å². The second kappa shape index (κ2) is 9.09. The maximum absolute atomic E-state index is 9.05. The van der Waals surface area contributed by atoms with Crippen LogP contribution in [0.25, 0.3) is 0 Å². The minimum atomic E-state index is 0.152. The smallest absolute Gasteiger partial charge is 0.0589 e. The summed E-state index contributed by atoms with van der Waals surface area (Å²) < 4.78 is 5.07. The van der Waals surface area contributed by atoms with Crippen molar-refractivity contribution in [3.05, 3.63) is 21.9 Å². The van der Waals surface area contributed by atoms with Crippen molar-refractivity contribution in [2.24, 2.45) is 5.73 Å². The summed E-state index contributed by atoms with van der Waals surface area (Å²) in [6, 6.07) is 2.01. The van der Waals surface area contributed by atoms with Crippen molar-refractivity contribution in [2.75, 3.05) is 40.0 Å². The molecule has 5 heteroatoms. The zero-order valence-corrected chi connectivity index (χ0v) is 11.5. The summed E-state index contributed by atoms with van der Waals surface area (Å²) in [5.41, 5.74) is 6.41. The van der Waals surface area contributed by atoms with Gasteiger partial charge in [-0.1, -0.05) is 11.8 Å². The van der Waals surface area contributed by atoms with Gasteiger partial charge in [-0.05, 0) is 11.4 Å². The van der Waals surface area contributed by atoms with E-state index in [2.05, 4.69) is 16.7 Å². The Labute approximate surface area is 112 Å². The first-order valence-corrected chi connectivity index (χ1v) is 6.77. The van der Waals surface area contributed by atoms with Crippen molar-refractivity contribution >= 4 is 11.3 Å². The molecule has 0 aliphatic heterocycles. The summed E-state index contributed by atoms with van der Waals surface area (Å²) in [4.78, 5) is 3.36. The largest absolute Gasteiger partial charge is 0.395 e. The molecular weight excluding hydrogens is 248 g/mol. The lowest BCUT2D eigenvalue weighted by Crippen LogP contribution is -2.29. The number of thiophene rings is 1. The summed E-state index contributed by atoms with van der Waals surface area (Å²) in [6.45, 7) is 3.42. The number of rotatable bonds is 7. The fourth-order valence-corrected chi connectivity index (χ4v) is 2.43. The van der Waals surface area contributed by atoms with E-state index in [-0.39, 0.29) is 6.61 Å². The van der Waals surface area contributed by atoms with Gasteiger partial charge in [0.2, 0.25) is 0 Å². The van der Waals surface area contributed by atoms with Gasteiger partial charge in [-0.3, -0.25) is 4.90 Å². The normalized spacial score (nSPS) is 10.4. The second-order valence-corrected chi connectivity index (χ2v) is 4.76. The Kier molecular flexibility index (Phi) is 7.65. The van der Waals surface area contributed by atoms with Crippen LogP contribution in [0.3, 0.4) is 0 Å². The van der Waals surface area contributed by atoms with Crippen LogP contribution in [-0.2, 0) is 11.3 Å². The van der Waals surface area contributed by atoms with Gasteiger partial charge in [-0.25, -0.2) is 0 Å². The molecule has 1 aromatic rings. The predicted molar refractivity (Wildman–Crippen MR) is 74.5 cm³/mol. The molecule has 100 valence electrons. The molecule has 1 heterocycles. The van der Waals surface area contributed by atoms with Crippen molar-refractivity contribution in [1.82, 2.24) is 4.90 Å². The highest BCUT2D eigenvalue weighted by Crippen LogP contribution is 2.18. The zero-order valence-electron chi connectivity index (χ0n) is 10.7. The van der Waals surface area contributed by atoms with E-state index in [9.17, 15) is 0 Å². The molecule has 0 saturated carbocycles. The van der Waals surface area contributed by atoms with Crippen LogP contribution in [0.1, 0.15) is 10.4 Å². The number of nitrogens with zero attached hydrogens (tertiary/aromatic N) is 1. The van der Waals surface area contributed by atoms with Crippen LogP contribution in [0.4, 0.5) is 0 Å². The average molecular weight is 268 g/mol. The van der Waals surface area contributed by atoms with Gasteiger partial charge in [-0.15, -0.1) is 11.3 Å². The Bertz CT molecular complexity index is 395. The van der Waals surface area contributed by atoms with Gasteiger partial charge < -0.3 is 15.6 Å². The highest BCUT2D eigenvalue weighted by Gasteiger charge is 2.09. The highest BCUT2D eigenvalue weighted by atomic mass is 32.1. The number of ether oxygens (including phenoxy) is 1. The molecule has 0 atom stereocenters. The van der Waals surface area contributed by atoms with Crippen LogP contribution >= 0.6 is 11.3 Å². The molecule has 0 fully saturated rings. The van der Waals surface area contributed by atoms with Crippen molar-refractivity contribution in [2.45, 2.75) is 6.54 Å². The summed E-state index contributed by atoms with van der Waals surface area (Å²) in [5.74, 6) is 5.94. The standard InChI is InChI=1S/C13H20N2O2S/c1-17-9-7-15(6-8-16)11-13-12(3-2-5-14)4-10-18-13/h4,10,16H,5-9,11,14H2,1H3. The van der Waals surface area contributed by atoms with E-state index in [4.69, 9.17) is 15.6 Å². The molecule has 4 nitrogen and oxygen atoms in total. The van der Waals surface area contributed by atoms with E-state index < -0.39 is 0 Å². The van der Waals surface area contributed by atoms with E-state index in [1.54, 1.807) is 18.4 Å². The lowest BCUT2D eigenvalue weighted by atomic mass is 10.2. The quantitative estimate of drug-likeness (QED) is 0.707. The molecule has 0 aliphatic carbocycles. The van der Waals surface area contributed by atoms with Crippen LogP contribution in [0.15, 0.2) is 11.4 Å². The molecule has 0 spiro atoms. The van der Waals surface area contributed by atoms with E-state index >= 15 is 0 Å². The summed E-state index contributed by atoms with van der Waals surface area (Å²) >= 11 is 1.68. The fraction of sp³-hybridized carbons (Fsp3) is 0.538. The third-order valence-electron chi connectivity index (χ3n) is 2.47. The Hall–Kier alpha value is -0.900. The summed E-state index contributed by atoms with van der Waals surface area (Å²) in [7, 11) is 1.68. The number of aliphatic hydroxyl groups excluding tert-OH is 1. The SMILES string of the molecule is COCCN(CCO)Cc1sccc1C#CCN. The first-order chi connectivity index (χ1) is 8.81. The first kappa shape index (κ1) is 15.2. The Balaban J connectivity index is 2.64. The van der Waals surface area contributed by atoms with Crippen LogP contribution in [-0.4, -0.2) is 50.0 Å². The molecule has 0 amide bonds. The molecule has 3 N–H and O–H groups in total. The van der Waals surface area contributed by atoms with Gasteiger partial charge in [0.25, 0.3) is 0 Å². The minimum Gasteiger partial charge on any atom is -0.395 e. The van der Waals surface area contributed by atoms with Crippen LogP contribution in [0.5, 0.6) is 0 Å². The first-order valence-electron chi connectivity index (χ1n) is 5.89. The van der Waals surface area contributed by atoms with Crippen LogP contribution in [0, 0.1) is 11.8 Å². The molecule has 0 bridgehead atoms. The van der Waals surface area contributed by atoms with Gasteiger partial charge in [0, 0.05) is 37.2 Å². The van der Waals surface area contributed by atoms with Crippen LogP contribution < -0.4 is 5.73 Å². The highest BCUT2D eigenvalue weighted by molar-refractivity contribution is 7.10. The summed E-state index contributed by atoms with van der Waals surface area (Å²) in [6.07, 6.45) is 0. The molecule has 0 aliphatic rings. The molecule has 1 aromatic heterocycles. The van der Waals surface area contributed by atoms with Gasteiger partial charge in [0.15, 0.2) is 0 Å². The molecule has 1 rings (SSSR count). The van der Waals surface area contributed by atoms with Crippen LogP contribution in [0.2, 0.25) is 0 Å². The van der Waals surface area contributed by atoms with E-state index in [1.807, 2.05) is 11.4 Å². The average Bonchev–Trinajstić information content (AvgIpc) is 2.81. The Morgan fingerprint density at radius 1 is 1.50 bits per heavy atom. The lowest BCUT2D eigenvalue weighted by molar-refractivity contribution is 0.127. The van der Waals surface area contributed by atoms with Gasteiger partial charge in [0.05, 0.1) is 19.8 Å². The minimum absolute atomic E-state index is 0.152. The Morgan fingerprint density at radius 2 is 2.33 bits per heavy atom. The zero-order chi connectivity index (χ0) is 13.2. The molecule has 0 radical (unpaired) electrons. The van der Waals surface area contributed by atoms with Crippen molar-refractivity contribution in [3.63, 3.8) is 0 Å². The maximum atomic E-state index is 9.05. The number of aliphatic hydroxyl groups is 1. The molecular formula is C13H20N2O2S. The third kappa shape index (κ3) is 5.17. The maximum Gasteiger partial charge on any atom is 0.0589 e. The molecule has 0 aromatic carbocycles. The van der Waals surface area contributed by atoms with Gasteiger partial charge in [0.1, 0.15) is 0 Å². The number of hydrogen-bond acceptors (Lipinski definition) is 5. The van der Waals surface area contributed by atoms with E-state index in [1.165, 1.54) is 4.88 Å². The van der Waals surface area contributed by atoms with Crippen molar-refractivity contribution in [3.8, 4) is 11.8 Å². The summed E-state index contributed by atoms with van der Waals surface area (Å²) in [5, 5.41) is 11.1. The van der Waals surface area contributed by atoms with Crippen molar-refractivity contribution in [1.29, 1.82) is 0 Å². The molecule has 0 unspecified atom stereocenters. The number of nitrogens with two attached hydrogens (primary N) is 1. The lowest BCUT2D eigenvalue weighted by Gasteiger charge is -2.20. The topological polar surface area (TPSA) is 58.7 Å².